The lowest BCUT2D eigenvalue weighted by Crippen LogP contribution is -2.17. The van der Waals surface area contributed by atoms with Gasteiger partial charge in [0.2, 0.25) is 0 Å². The van der Waals surface area contributed by atoms with E-state index in [1.165, 1.54) is 65.9 Å². The molecule has 0 atom stereocenters. The molecule has 1 heterocycles. The fourth-order valence-corrected chi connectivity index (χ4v) is 9.40. The molecule has 0 aliphatic heterocycles. The first kappa shape index (κ1) is 33.2. The lowest BCUT2D eigenvalue weighted by molar-refractivity contribution is 0.668. The van der Waals surface area contributed by atoms with Gasteiger partial charge in [-0.2, -0.15) is 0 Å². The molecular weight excluding hydrogens is 689 g/mol. The minimum absolute atomic E-state index is 0.189. The topological polar surface area (TPSA) is 25.8 Å². The summed E-state index contributed by atoms with van der Waals surface area (Å²) >= 11 is 0. The van der Waals surface area contributed by atoms with E-state index in [4.69, 9.17) is 9.97 Å². The minimum atomic E-state index is -0.189. The van der Waals surface area contributed by atoms with E-state index in [1.54, 1.807) is 0 Å². The van der Waals surface area contributed by atoms with Crippen molar-refractivity contribution in [3.05, 3.63) is 205 Å². The molecule has 1 aromatic heterocycles. The third-order valence-corrected chi connectivity index (χ3v) is 12.0. The quantitative estimate of drug-likeness (QED) is 0.176. The minimum Gasteiger partial charge on any atom is -0.228 e. The van der Waals surface area contributed by atoms with E-state index in [-0.39, 0.29) is 5.41 Å². The summed E-state index contributed by atoms with van der Waals surface area (Å²) in [5, 5.41) is 7.40. The number of hydrogen-bond acceptors (Lipinski definition) is 2. The molecule has 0 bridgehead atoms. The van der Waals surface area contributed by atoms with Crippen LogP contribution in [0.5, 0.6) is 0 Å². The molecule has 0 amide bonds. The van der Waals surface area contributed by atoms with Crippen LogP contribution < -0.4 is 0 Å². The van der Waals surface area contributed by atoms with Gasteiger partial charge in [-0.25, -0.2) is 9.97 Å². The summed E-state index contributed by atoms with van der Waals surface area (Å²) in [7, 11) is 0. The van der Waals surface area contributed by atoms with Crippen LogP contribution in [0.3, 0.4) is 0 Å². The van der Waals surface area contributed by atoms with E-state index in [2.05, 4.69) is 202 Å². The van der Waals surface area contributed by atoms with Crippen molar-refractivity contribution in [2.24, 2.45) is 0 Å². The number of aromatic nitrogens is 2. The smallest absolute Gasteiger partial charge is 0.161 e. The van der Waals surface area contributed by atoms with Gasteiger partial charge in [0.15, 0.2) is 5.82 Å². The number of nitrogens with zero attached hydrogens (tertiary/aromatic N) is 2. The van der Waals surface area contributed by atoms with Gasteiger partial charge in [0.05, 0.1) is 11.4 Å². The third kappa shape index (κ3) is 5.40. The van der Waals surface area contributed by atoms with Crippen LogP contribution in [0.2, 0.25) is 0 Å². The van der Waals surface area contributed by atoms with Crippen molar-refractivity contribution < 1.29 is 0 Å². The fourth-order valence-electron chi connectivity index (χ4n) is 9.40. The Labute approximate surface area is 332 Å². The van der Waals surface area contributed by atoms with Crippen molar-refractivity contribution in [1.82, 2.24) is 9.97 Å². The maximum atomic E-state index is 5.36. The molecule has 0 spiro atoms. The third-order valence-electron chi connectivity index (χ3n) is 12.0. The van der Waals surface area contributed by atoms with Crippen LogP contribution in [0, 0.1) is 0 Å². The average Bonchev–Trinajstić information content (AvgIpc) is 3.52. The van der Waals surface area contributed by atoms with Gasteiger partial charge < -0.3 is 0 Å². The SMILES string of the molecule is CC1(C)c2c(cccc2-c2ccc(-c3nc(-c4ccccc4)cc(-c4cccc(-c5ccc6ccccc6c5)c4)n3)c3ccccc23)-c2ccc3ccccc3c21. The summed E-state index contributed by atoms with van der Waals surface area (Å²) in [5.41, 5.74) is 15.0. The van der Waals surface area contributed by atoms with Crippen LogP contribution in [-0.2, 0) is 5.41 Å². The Kier molecular flexibility index (Phi) is 7.55. The number of hydrogen-bond donors (Lipinski definition) is 0. The summed E-state index contributed by atoms with van der Waals surface area (Å²) in [6, 6.07) is 70.0. The summed E-state index contributed by atoms with van der Waals surface area (Å²) < 4.78 is 0. The van der Waals surface area contributed by atoms with Crippen LogP contribution in [0.1, 0.15) is 25.0 Å². The predicted octanol–water partition coefficient (Wildman–Crippen LogP) is 14.6. The number of rotatable bonds is 5. The van der Waals surface area contributed by atoms with Gasteiger partial charge in [-0.15, -0.1) is 0 Å². The summed E-state index contributed by atoms with van der Waals surface area (Å²) in [4.78, 5) is 10.7. The van der Waals surface area contributed by atoms with Crippen molar-refractivity contribution in [2.45, 2.75) is 19.3 Å². The Morgan fingerprint density at radius 3 is 1.65 bits per heavy atom. The van der Waals surface area contributed by atoms with Crippen LogP contribution in [-0.4, -0.2) is 9.97 Å². The normalized spacial score (nSPS) is 12.9. The number of fused-ring (bicyclic) bond motifs is 7. The van der Waals surface area contributed by atoms with Crippen LogP contribution in [0.15, 0.2) is 194 Å². The zero-order chi connectivity index (χ0) is 38.1. The Morgan fingerprint density at radius 1 is 0.316 bits per heavy atom. The highest BCUT2D eigenvalue weighted by atomic mass is 14.9. The van der Waals surface area contributed by atoms with Crippen LogP contribution >= 0.6 is 0 Å². The van der Waals surface area contributed by atoms with Crippen molar-refractivity contribution in [2.75, 3.05) is 0 Å². The van der Waals surface area contributed by atoms with Crippen molar-refractivity contribution in [3.8, 4) is 67.3 Å². The van der Waals surface area contributed by atoms with Crippen LogP contribution in [0.4, 0.5) is 0 Å². The Hall–Kier alpha value is -7.16. The molecule has 10 aromatic rings. The Balaban J connectivity index is 1.07. The molecule has 0 fully saturated rings. The van der Waals surface area contributed by atoms with E-state index in [0.717, 1.165) is 39.0 Å². The maximum absolute atomic E-state index is 5.36. The average molecular weight is 727 g/mol. The second-order valence-electron chi connectivity index (χ2n) is 15.7. The van der Waals surface area contributed by atoms with Gasteiger partial charge >= 0.3 is 0 Å². The molecule has 9 aromatic carbocycles. The monoisotopic (exact) mass is 726 g/mol. The molecule has 0 saturated heterocycles. The lowest BCUT2D eigenvalue weighted by Gasteiger charge is -2.26. The second-order valence-corrected chi connectivity index (χ2v) is 15.7. The first-order chi connectivity index (χ1) is 28.0. The molecule has 57 heavy (non-hydrogen) atoms. The van der Waals surface area contributed by atoms with Crippen molar-refractivity contribution in [3.63, 3.8) is 0 Å². The standard InChI is InChI=1S/C55H38N2/c1-55(2)52-42-21-9-8-15-36(42)28-29-48(52)47-25-13-24-46(53(47)55)45-30-31-49(44-23-11-10-22-43(44)45)54-56-50(37-16-4-3-5-17-37)34-51(57-54)41-20-12-19-39(33-41)40-27-26-35-14-6-7-18-38(35)32-40/h3-34H,1-2H3. The zero-order valence-corrected chi connectivity index (χ0v) is 31.9. The molecule has 11 rings (SSSR count). The van der Waals surface area contributed by atoms with E-state index < -0.39 is 0 Å². The molecular formula is C55H38N2. The number of benzene rings is 9. The molecule has 1 aliphatic carbocycles. The highest BCUT2D eigenvalue weighted by molar-refractivity contribution is 6.07. The van der Waals surface area contributed by atoms with Crippen molar-refractivity contribution >= 4 is 32.3 Å². The van der Waals surface area contributed by atoms with E-state index >= 15 is 0 Å². The Morgan fingerprint density at radius 2 is 0.842 bits per heavy atom. The van der Waals surface area contributed by atoms with Gasteiger partial charge in [-0.05, 0) is 101 Å². The highest BCUT2D eigenvalue weighted by Crippen LogP contribution is 2.55. The largest absolute Gasteiger partial charge is 0.228 e. The lowest BCUT2D eigenvalue weighted by atomic mass is 9.77. The van der Waals surface area contributed by atoms with Gasteiger partial charge in [-0.3, -0.25) is 0 Å². The molecule has 268 valence electrons. The van der Waals surface area contributed by atoms with Gasteiger partial charge in [0.1, 0.15) is 0 Å². The van der Waals surface area contributed by atoms with E-state index in [0.29, 0.717) is 5.82 Å². The molecule has 2 nitrogen and oxygen atoms in total. The first-order valence-electron chi connectivity index (χ1n) is 19.7. The fraction of sp³-hybridized carbons (Fsp3) is 0.0545. The van der Waals surface area contributed by atoms with Crippen LogP contribution in [0.25, 0.3) is 99.6 Å². The summed E-state index contributed by atoms with van der Waals surface area (Å²) in [5.74, 6) is 0.711. The molecule has 2 heteroatoms. The van der Waals surface area contributed by atoms with Gasteiger partial charge in [-0.1, -0.05) is 184 Å². The van der Waals surface area contributed by atoms with Gasteiger partial charge in [0, 0.05) is 22.1 Å². The van der Waals surface area contributed by atoms with Crippen molar-refractivity contribution in [1.29, 1.82) is 0 Å². The maximum Gasteiger partial charge on any atom is 0.161 e. The summed E-state index contributed by atoms with van der Waals surface area (Å²) in [6.07, 6.45) is 0. The zero-order valence-electron chi connectivity index (χ0n) is 31.9. The van der Waals surface area contributed by atoms with Gasteiger partial charge in [0.25, 0.3) is 0 Å². The predicted molar refractivity (Wildman–Crippen MR) is 239 cm³/mol. The summed E-state index contributed by atoms with van der Waals surface area (Å²) in [6.45, 7) is 4.78. The Bertz CT molecular complexity index is 3210. The molecule has 0 saturated carbocycles. The molecule has 0 N–H and O–H groups in total. The highest BCUT2D eigenvalue weighted by Gasteiger charge is 2.39. The van der Waals surface area contributed by atoms with E-state index in [1.807, 2.05) is 6.07 Å². The van der Waals surface area contributed by atoms with E-state index in [9.17, 15) is 0 Å². The molecule has 1 aliphatic rings. The second kappa shape index (κ2) is 13.0. The molecule has 0 radical (unpaired) electrons. The molecule has 0 unspecified atom stereocenters. The first-order valence-corrected chi connectivity index (χ1v) is 19.7.